The Bertz CT molecular complexity index is 487. The number of ether oxygens (including phenoxy) is 1. The van der Waals surface area contributed by atoms with Crippen LogP contribution in [-0.4, -0.2) is 36.2 Å². The smallest absolute Gasteiger partial charge is 0.122 e. The minimum atomic E-state index is -0.607. The van der Waals surface area contributed by atoms with E-state index < -0.39 is 5.60 Å². The third-order valence-corrected chi connectivity index (χ3v) is 4.95. The van der Waals surface area contributed by atoms with E-state index in [1.165, 1.54) is 5.56 Å². The number of rotatable bonds is 1. The van der Waals surface area contributed by atoms with Gasteiger partial charge in [0, 0.05) is 25.4 Å². The molecule has 1 aromatic rings. The van der Waals surface area contributed by atoms with Crippen molar-refractivity contribution in [1.82, 2.24) is 4.90 Å². The summed E-state index contributed by atoms with van der Waals surface area (Å²) in [6.07, 6.45) is 2.98. The monoisotopic (exact) mass is 245 g/mol. The lowest BCUT2D eigenvalue weighted by atomic mass is 9.76. The summed E-state index contributed by atoms with van der Waals surface area (Å²) in [6.45, 7) is 4.03. The molecule has 18 heavy (non-hydrogen) atoms. The van der Waals surface area contributed by atoms with Crippen molar-refractivity contribution in [3.63, 3.8) is 0 Å². The van der Waals surface area contributed by atoms with E-state index >= 15 is 0 Å². The third-order valence-electron chi connectivity index (χ3n) is 4.95. The first kappa shape index (κ1) is 10.8. The van der Waals surface area contributed by atoms with Crippen LogP contribution >= 0.6 is 0 Å². The molecule has 2 saturated heterocycles. The van der Waals surface area contributed by atoms with E-state index in [4.69, 9.17) is 4.74 Å². The summed E-state index contributed by atoms with van der Waals surface area (Å²) in [6, 6.07) is 6.28. The Morgan fingerprint density at radius 2 is 2.28 bits per heavy atom. The van der Waals surface area contributed by atoms with Gasteiger partial charge in [-0.2, -0.15) is 0 Å². The summed E-state index contributed by atoms with van der Waals surface area (Å²) >= 11 is 0. The molecule has 0 aromatic heterocycles. The molecule has 2 bridgehead atoms. The van der Waals surface area contributed by atoms with Crippen LogP contribution < -0.4 is 4.74 Å². The lowest BCUT2D eigenvalue weighted by Gasteiger charge is -2.39. The first-order valence-corrected chi connectivity index (χ1v) is 6.97. The fourth-order valence-corrected chi connectivity index (χ4v) is 3.79. The molecule has 0 aliphatic carbocycles. The van der Waals surface area contributed by atoms with E-state index in [1.807, 2.05) is 6.07 Å². The lowest BCUT2D eigenvalue weighted by Crippen LogP contribution is -2.44. The second-order valence-corrected chi connectivity index (χ2v) is 5.88. The highest BCUT2D eigenvalue weighted by molar-refractivity contribution is 5.42. The SMILES string of the molecule is OC1(c2ccc3c(c2)CCO3)CCN2CCC1C2. The van der Waals surface area contributed by atoms with Crippen LogP contribution in [0.3, 0.4) is 0 Å². The Labute approximate surface area is 107 Å². The van der Waals surface area contributed by atoms with E-state index in [-0.39, 0.29) is 0 Å². The zero-order valence-corrected chi connectivity index (χ0v) is 10.6. The van der Waals surface area contributed by atoms with Crippen molar-refractivity contribution in [2.75, 3.05) is 26.2 Å². The summed E-state index contributed by atoms with van der Waals surface area (Å²) in [4.78, 5) is 2.47. The number of hydrogen-bond donors (Lipinski definition) is 1. The van der Waals surface area contributed by atoms with Gasteiger partial charge in [-0.3, -0.25) is 0 Å². The van der Waals surface area contributed by atoms with Gasteiger partial charge in [-0.15, -0.1) is 0 Å². The molecule has 1 aromatic carbocycles. The maximum absolute atomic E-state index is 11.1. The molecule has 3 nitrogen and oxygen atoms in total. The summed E-state index contributed by atoms with van der Waals surface area (Å²) < 4.78 is 5.55. The number of piperidine rings is 1. The van der Waals surface area contributed by atoms with E-state index in [0.29, 0.717) is 5.92 Å². The van der Waals surface area contributed by atoms with Crippen molar-refractivity contribution < 1.29 is 9.84 Å². The van der Waals surface area contributed by atoms with Crippen molar-refractivity contribution >= 4 is 0 Å². The first-order valence-electron chi connectivity index (χ1n) is 6.97. The molecule has 3 aliphatic heterocycles. The second kappa shape index (κ2) is 3.72. The maximum atomic E-state index is 11.1. The predicted octanol–water partition coefficient (Wildman–Crippen LogP) is 1.53. The summed E-state index contributed by atoms with van der Waals surface area (Å²) in [5, 5.41) is 11.1. The lowest BCUT2D eigenvalue weighted by molar-refractivity contribution is -0.0502. The highest BCUT2D eigenvalue weighted by atomic mass is 16.5. The molecule has 3 unspecified atom stereocenters. The molecule has 3 heterocycles. The fraction of sp³-hybridized carbons (Fsp3) is 0.600. The average molecular weight is 245 g/mol. The third kappa shape index (κ3) is 1.44. The zero-order valence-electron chi connectivity index (χ0n) is 10.6. The predicted molar refractivity (Wildman–Crippen MR) is 68.7 cm³/mol. The van der Waals surface area contributed by atoms with Crippen LogP contribution in [0.2, 0.25) is 0 Å². The normalized spacial score (nSPS) is 37.4. The first-order chi connectivity index (χ1) is 8.75. The number of nitrogens with zero attached hydrogens (tertiary/aromatic N) is 1. The molecule has 0 spiro atoms. The molecule has 2 fully saturated rings. The quantitative estimate of drug-likeness (QED) is 0.814. The van der Waals surface area contributed by atoms with Gasteiger partial charge in [-0.1, -0.05) is 6.07 Å². The van der Waals surface area contributed by atoms with Crippen LogP contribution in [0.25, 0.3) is 0 Å². The minimum Gasteiger partial charge on any atom is -0.493 e. The van der Waals surface area contributed by atoms with Gasteiger partial charge in [0.15, 0.2) is 0 Å². The van der Waals surface area contributed by atoms with Crippen LogP contribution in [0.4, 0.5) is 0 Å². The standard InChI is InChI=1S/C15H19NO2/c17-15(5-7-16-6-3-13(15)10-16)12-1-2-14-11(9-12)4-8-18-14/h1-2,9,13,17H,3-8,10H2. The average Bonchev–Trinajstić information content (AvgIpc) is 3.01. The van der Waals surface area contributed by atoms with Crippen LogP contribution in [0.5, 0.6) is 5.75 Å². The summed E-state index contributed by atoms with van der Waals surface area (Å²) in [7, 11) is 0. The molecular formula is C15H19NO2. The van der Waals surface area contributed by atoms with E-state index in [0.717, 1.165) is 56.8 Å². The van der Waals surface area contributed by atoms with E-state index in [9.17, 15) is 5.11 Å². The molecule has 96 valence electrons. The van der Waals surface area contributed by atoms with Gasteiger partial charge in [0.1, 0.15) is 5.75 Å². The van der Waals surface area contributed by atoms with Gasteiger partial charge in [-0.05, 0) is 42.6 Å². The van der Waals surface area contributed by atoms with Crippen molar-refractivity contribution in [2.24, 2.45) is 5.92 Å². The Kier molecular flexibility index (Phi) is 2.24. The molecule has 3 atom stereocenters. The molecule has 1 N–H and O–H groups in total. The molecule has 0 amide bonds. The van der Waals surface area contributed by atoms with Gasteiger partial charge in [-0.25, -0.2) is 0 Å². The van der Waals surface area contributed by atoms with Gasteiger partial charge < -0.3 is 14.7 Å². The number of benzene rings is 1. The van der Waals surface area contributed by atoms with Crippen LogP contribution in [0, 0.1) is 5.92 Å². The number of fused-ring (bicyclic) bond motifs is 3. The Hall–Kier alpha value is -1.06. The van der Waals surface area contributed by atoms with Crippen LogP contribution in [-0.2, 0) is 12.0 Å². The van der Waals surface area contributed by atoms with Crippen molar-refractivity contribution in [2.45, 2.75) is 24.9 Å². The Balaban J connectivity index is 1.73. The zero-order chi connectivity index (χ0) is 12.2. The number of hydrogen-bond acceptors (Lipinski definition) is 3. The number of aliphatic hydroxyl groups is 1. The Morgan fingerprint density at radius 1 is 1.33 bits per heavy atom. The van der Waals surface area contributed by atoms with Crippen LogP contribution in [0.15, 0.2) is 18.2 Å². The second-order valence-electron chi connectivity index (χ2n) is 5.88. The fourth-order valence-electron chi connectivity index (χ4n) is 3.79. The molecule has 3 aliphatic rings. The minimum absolute atomic E-state index is 0.409. The van der Waals surface area contributed by atoms with Gasteiger partial charge in [0.05, 0.1) is 12.2 Å². The topological polar surface area (TPSA) is 32.7 Å². The largest absolute Gasteiger partial charge is 0.493 e. The van der Waals surface area contributed by atoms with Gasteiger partial charge >= 0.3 is 0 Å². The molecule has 0 radical (unpaired) electrons. The summed E-state index contributed by atoms with van der Waals surface area (Å²) in [5.74, 6) is 1.41. The van der Waals surface area contributed by atoms with Crippen molar-refractivity contribution in [3.05, 3.63) is 29.3 Å². The molecule has 3 heteroatoms. The van der Waals surface area contributed by atoms with E-state index in [1.54, 1.807) is 0 Å². The van der Waals surface area contributed by atoms with Crippen molar-refractivity contribution in [1.29, 1.82) is 0 Å². The highest BCUT2D eigenvalue weighted by Gasteiger charge is 2.46. The molecule has 0 saturated carbocycles. The van der Waals surface area contributed by atoms with Gasteiger partial charge in [0.25, 0.3) is 0 Å². The molecule has 4 rings (SSSR count). The van der Waals surface area contributed by atoms with Gasteiger partial charge in [0.2, 0.25) is 0 Å². The van der Waals surface area contributed by atoms with Crippen molar-refractivity contribution in [3.8, 4) is 5.75 Å². The highest BCUT2D eigenvalue weighted by Crippen LogP contribution is 2.44. The summed E-state index contributed by atoms with van der Waals surface area (Å²) in [5.41, 5.74) is 1.77. The Morgan fingerprint density at radius 3 is 3.22 bits per heavy atom. The van der Waals surface area contributed by atoms with Crippen LogP contribution in [0.1, 0.15) is 24.0 Å². The van der Waals surface area contributed by atoms with E-state index in [2.05, 4.69) is 17.0 Å². The molecular weight excluding hydrogens is 226 g/mol. The maximum Gasteiger partial charge on any atom is 0.122 e.